The molecule has 3 rings (SSSR count). The van der Waals surface area contributed by atoms with Crippen LogP contribution in [0.5, 0.6) is 0 Å². The number of hydrogen-bond acceptors (Lipinski definition) is 5. The smallest absolute Gasteiger partial charge is 0.318 e. The zero-order chi connectivity index (χ0) is 22.4. The van der Waals surface area contributed by atoms with Crippen LogP contribution in [0.25, 0.3) is 0 Å². The summed E-state index contributed by atoms with van der Waals surface area (Å²) in [4.78, 5) is 25.6. The van der Waals surface area contributed by atoms with Gasteiger partial charge in [-0.1, -0.05) is 17.3 Å². The Bertz CT molecular complexity index is 906. The Morgan fingerprint density at radius 3 is 2.71 bits per heavy atom. The van der Waals surface area contributed by atoms with Crippen LogP contribution in [0.3, 0.4) is 0 Å². The highest BCUT2D eigenvalue weighted by Gasteiger charge is 2.47. The van der Waals surface area contributed by atoms with Crippen LogP contribution in [0.4, 0.5) is 18.0 Å². The number of amides is 3. The molecule has 0 bridgehead atoms. The van der Waals surface area contributed by atoms with Gasteiger partial charge in [-0.05, 0) is 17.7 Å². The maximum absolute atomic E-state index is 14.0. The van der Waals surface area contributed by atoms with Crippen molar-refractivity contribution in [1.29, 1.82) is 0 Å². The van der Waals surface area contributed by atoms with Crippen LogP contribution in [-0.4, -0.2) is 70.6 Å². The summed E-state index contributed by atoms with van der Waals surface area (Å²) >= 11 is 0. The van der Waals surface area contributed by atoms with Crippen molar-refractivity contribution in [3.05, 3.63) is 47.5 Å². The topological polar surface area (TPSA) is 101 Å². The Balaban J connectivity index is 1.60. The molecule has 1 fully saturated rings. The summed E-state index contributed by atoms with van der Waals surface area (Å²) in [6.07, 6.45) is 0.805. The van der Waals surface area contributed by atoms with E-state index in [4.69, 9.17) is 4.74 Å². The first-order chi connectivity index (χ1) is 14.8. The standard InChI is InChI=1S/C19H23F3N6O3/c1-31-7-6-23-17(29)16-11-27(26-25-16)10-15-8-19(21,22)12-28(15)18(30)24-9-13-2-4-14(20)5-3-13/h2-5,11,15H,6-10,12H2,1H3,(H,23,29)(H,24,30)/t15-/m0/s1. The minimum atomic E-state index is -3.04. The number of halogens is 3. The molecule has 12 heteroatoms. The molecule has 1 aromatic heterocycles. The van der Waals surface area contributed by atoms with Gasteiger partial charge in [-0.15, -0.1) is 5.10 Å². The third-order valence-corrected chi connectivity index (χ3v) is 4.76. The van der Waals surface area contributed by atoms with E-state index in [2.05, 4.69) is 20.9 Å². The lowest BCUT2D eigenvalue weighted by molar-refractivity contribution is 0.0145. The van der Waals surface area contributed by atoms with E-state index >= 15 is 0 Å². The highest BCUT2D eigenvalue weighted by molar-refractivity contribution is 5.91. The van der Waals surface area contributed by atoms with Gasteiger partial charge in [0.15, 0.2) is 5.69 Å². The van der Waals surface area contributed by atoms with Gasteiger partial charge in [0.2, 0.25) is 0 Å². The average molecular weight is 440 g/mol. The van der Waals surface area contributed by atoms with Crippen LogP contribution in [0.15, 0.2) is 30.5 Å². The maximum atomic E-state index is 14.0. The van der Waals surface area contributed by atoms with Gasteiger partial charge < -0.3 is 20.3 Å². The van der Waals surface area contributed by atoms with Crippen LogP contribution in [0.2, 0.25) is 0 Å². The van der Waals surface area contributed by atoms with Crippen LogP contribution in [0, 0.1) is 5.82 Å². The minimum Gasteiger partial charge on any atom is -0.383 e. The Kier molecular flexibility index (Phi) is 7.10. The Morgan fingerprint density at radius 2 is 2.00 bits per heavy atom. The van der Waals surface area contributed by atoms with Crippen molar-refractivity contribution in [3.63, 3.8) is 0 Å². The largest absolute Gasteiger partial charge is 0.383 e. The minimum absolute atomic E-state index is 0.0353. The summed E-state index contributed by atoms with van der Waals surface area (Å²) in [5.74, 6) is -3.92. The predicted molar refractivity (Wildman–Crippen MR) is 103 cm³/mol. The number of nitrogens with zero attached hydrogens (tertiary/aromatic N) is 4. The summed E-state index contributed by atoms with van der Waals surface area (Å²) in [7, 11) is 1.50. The Morgan fingerprint density at radius 1 is 1.26 bits per heavy atom. The summed E-state index contributed by atoms with van der Waals surface area (Å²) in [5.41, 5.74) is 0.672. The first-order valence-electron chi connectivity index (χ1n) is 9.61. The quantitative estimate of drug-likeness (QED) is 0.605. The SMILES string of the molecule is COCCNC(=O)c1cn(C[C@@H]2CC(F)(F)CN2C(=O)NCc2ccc(F)cc2)nn1. The van der Waals surface area contributed by atoms with Crippen LogP contribution in [-0.2, 0) is 17.8 Å². The summed E-state index contributed by atoms with van der Waals surface area (Å²) < 4.78 is 47.2. The molecule has 0 spiro atoms. The number of carbonyl (C=O) groups excluding carboxylic acids is 2. The van der Waals surface area contributed by atoms with Crippen LogP contribution in [0.1, 0.15) is 22.5 Å². The van der Waals surface area contributed by atoms with Crippen molar-refractivity contribution in [2.75, 3.05) is 26.8 Å². The lowest BCUT2D eigenvalue weighted by Crippen LogP contribution is -2.44. The zero-order valence-corrected chi connectivity index (χ0v) is 16.9. The molecule has 2 aromatic rings. The number of benzene rings is 1. The molecule has 2 heterocycles. The molecule has 1 atom stereocenters. The number of aromatic nitrogens is 3. The molecule has 0 radical (unpaired) electrons. The Hall–Kier alpha value is -3.15. The molecule has 31 heavy (non-hydrogen) atoms. The fourth-order valence-corrected chi connectivity index (χ4v) is 3.24. The third kappa shape index (κ3) is 6.17. The fraction of sp³-hybridized carbons (Fsp3) is 0.474. The number of alkyl halides is 2. The van der Waals surface area contributed by atoms with Crippen molar-refractivity contribution in [1.82, 2.24) is 30.5 Å². The van der Waals surface area contributed by atoms with E-state index in [0.717, 1.165) is 4.90 Å². The lowest BCUT2D eigenvalue weighted by atomic mass is 10.2. The molecule has 1 aromatic carbocycles. The van der Waals surface area contributed by atoms with E-state index in [9.17, 15) is 22.8 Å². The number of carbonyl (C=O) groups is 2. The van der Waals surface area contributed by atoms with Gasteiger partial charge in [0, 0.05) is 26.6 Å². The maximum Gasteiger partial charge on any atom is 0.318 e. The van der Waals surface area contributed by atoms with Crippen molar-refractivity contribution >= 4 is 11.9 Å². The summed E-state index contributed by atoms with van der Waals surface area (Å²) in [5, 5.41) is 12.7. The first kappa shape index (κ1) is 22.5. The van der Waals surface area contributed by atoms with E-state index in [1.54, 1.807) is 0 Å². The number of ether oxygens (including phenoxy) is 1. The van der Waals surface area contributed by atoms with Gasteiger partial charge in [-0.25, -0.2) is 22.6 Å². The summed E-state index contributed by atoms with van der Waals surface area (Å²) in [6.45, 7) is -0.0784. The van der Waals surface area contributed by atoms with E-state index in [1.165, 1.54) is 42.3 Å². The number of nitrogens with one attached hydrogen (secondary N) is 2. The van der Waals surface area contributed by atoms with Gasteiger partial charge in [-0.2, -0.15) is 0 Å². The highest BCUT2D eigenvalue weighted by atomic mass is 19.3. The molecule has 1 aliphatic heterocycles. The highest BCUT2D eigenvalue weighted by Crippen LogP contribution is 2.32. The lowest BCUT2D eigenvalue weighted by Gasteiger charge is -2.24. The molecular weight excluding hydrogens is 417 g/mol. The monoisotopic (exact) mass is 440 g/mol. The Labute approximate surface area is 176 Å². The van der Waals surface area contributed by atoms with Crippen LogP contribution >= 0.6 is 0 Å². The van der Waals surface area contributed by atoms with E-state index < -0.39 is 42.7 Å². The fourth-order valence-electron chi connectivity index (χ4n) is 3.24. The molecule has 1 aliphatic rings. The molecule has 0 unspecified atom stereocenters. The zero-order valence-electron chi connectivity index (χ0n) is 16.9. The van der Waals surface area contributed by atoms with E-state index in [1.807, 2.05) is 0 Å². The van der Waals surface area contributed by atoms with Gasteiger partial charge in [-0.3, -0.25) is 4.79 Å². The van der Waals surface area contributed by atoms with Gasteiger partial charge >= 0.3 is 6.03 Å². The number of rotatable bonds is 8. The molecule has 168 valence electrons. The molecular formula is C19H23F3N6O3. The van der Waals surface area contributed by atoms with Crippen molar-refractivity contribution < 1.29 is 27.5 Å². The molecule has 9 nitrogen and oxygen atoms in total. The normalized spacial score (nSPS) is 17.5. The summed E-state index contributed by atoms with van der Waals surface area (Å²) in [6, 6.07) is 4.00. The van der Waals surface area contributed by atoms with E-state index in [-0.39, 0.29) is 18.8 Å². The molecule has 3 amide bonds. The second-order valence-electron chi connectivity index (χ2n) is 7.20. The second kappa shape index (κ2) is 9.77. The molecule has 2 N–H and O–H groups in total. The predicted octanol–water partition coefficient (Wildman–Crippen LogP) is 1.41. The average Bonchev–Trinajstić information content (AvgIpc) is 3.31. The van der Waals surface area contributed by atoms with Crippen molar-refractivity contribution in [2.45, 2.75) is 31.5 Å². The molecule has 0 aliphatic carbocycles. The second-order valence-corrected chi connectivity index (χ2v) is 7.20. The van der Waals surface area contributed by atoms with Gasteiger partial charge in [0.25, 0.3) is 11.8 Å². The van der Waals surface area contributed by atoms with Crippen molar-refractivity contribution in [3.8, 4) is 0 Å². The number of urea groups is 1. The van der Waals surface area contributed by atoms with Crippen molar-refractivity contribution in [2.24, 2.45) is 0 Å². The number of methoxy groups -OCH3 is 1. The van der Waals surface area contributed by atoms with Crippen LogP contribution < -0.4 is 10.6 Å². The van der Waals surface area contributed by atoms with E-state index in [0.29, 0.717) is 18.7 Å². The third-order valence-electron chi connectivity index (χ3n) is 4.76. The molecule has 1 saturated heterocycles. The first-order valence-corrected chi connectivity index (χ1v) is 9.61. The number of hydrogen-bond donors (Lipinski definition) is 2. The van der Waals surface area contributed by atoms with Gasteiger partial charge in [0.1, 0.15) is 5.82 Å². The molecule has 0 saturated carbocycles. The van der Waals surface area contributed by atoms with Gasteiger partial charge in [0.05, 0.1) is 31.9 Å². The number of likely N-dealkylation sites (tertiary alicyclic amines) is 1.